The molecule has 176 valence electrons. The smallest absolute Gasteiger partial charge is 0.252 e. The van der Waals surface area contributed by atoms with Crippen LogP contribution in [0.3, 0.4) is 0 Å². The highest BCUT2D eigenvalue weighted by Gasteiger charge is 2.35. The highest BCUT2D eigenvalue weighted by molar-refractivity contribution is 7.91. The van der Waals surface area contributed by atoms with Crippen molar-refractivity contribution in [2.24, 2.45) is 5.92 Å². The van der Waals surface area contributed by atoms with Crippen molar-refractivity contribution in [3.8, 4) is 0 Å². The molecule has 0 saturated carbocycles. The number of hydrogen-bond acceptors (Lipinski definition) is 7. The molecule has 1 saturated heterocycles. The van der Waals surface area contributed by atoms with E-state index in [1.54, 1.807) is 40.9 Å². The number of amides is 1. The molecule has 0 spiro atoms. The van der Waals surface area contributed by atoms with Crippen molar-refractivity contribution in [2.75, 3.05) is 18.0 Å². The molecule has 3 aromatic heterocycles. The molecule has 1 amide bonds. The lowest BCUT2D eigenvalue weighted by Gasteiger charge is -2.32. The van der Waals surface area contributed by atoms with Crippen molar-refractivity contribution in [3.05, 3.63) is 70.8 Å². The van der Waals surface area contributed by atoms with Crippen molar-refractivity contribution >= 4 is 65.6 Å². The maximum Gasteiger partial charge on any atom is 0.252 e. The number of rotatable bonds is 6. The van der Waals surface area contributed by atoms with Crippen LogP contribution in [0.15, 0.2) is 64.4 Å². The van der Waals surface area contributed by atoms with Crippen LogP contribution in [-0.4, -0.2) is 41.7 Å². The lowest BCUT2D eigenvalue weighted by molar-refractivity contribution is -0.123. The number of sulfonamides is 1. The van der Waals surface area contributed by atoms with E-state index in [1.165, 1.54) is 27.0 Å². The molecule has 0 atom stereocenters. The SMILES string of the molecule is O=C(C1CCN(S(=O)(=O)c2cccs2)CC1)N(Cc1ccncc1)c1nc2c(Cl)cccc2s1. The highest BCUT2D eigenvalue weighted by atomic mass is 35.5. The van der Waals surface area contributed by atoms with Gasteiger partial charge < -0.3 is 0 Å². The number of piperidine rings is 1. The molecule has 0 N–H and O–H groups in total. The zero-order valence-corrected chi connectivity index (χ0v) is 21.2. The number of hydrogen-bond donors (Lipinski definition) is 0. The second-order valence-corrected chi connectivity index (χ2v) is 12.5. The average Bonchev–Trinajstić information content (AvgIpc) is 3.54. The number of thiophene rings is 1. The van der Waals surface area contributed by atoms with Gasteiger partial charge in [0.05, 0.1) is 16.3 Å². The van der Waals surface area contributed by atoms with Gasteiger partial charge in [-0.05, 0) is 54.1 Å². The lowest BCUT2D eigenvalue weighted by atomic mass is 9.96. The van der Waals surface area contributed by atoms with Gasteiger partial charge in [-0.2, -0.15) is 4.31 Å². The first kappa shape index (κ1) is 23.4. The quantitative estimate of drug-likeness (QED) is 0.347. The van der Waals surface area contributed by atoms with Crippen LogP contribution in [0.2, 0.25) is 5.02 Å². The Labute approximate surface area is 210 Å². The van der Waals surface area contributed by atoms with Gasteiger partial charge in [-0.3, -0.25) is 14.7 Å². The van der Waals surface area contributed by atoms with Crippen LogP contribution in [0.4, 0.5) is 5.13 Å². The van der Waals surface area contributed by atoms with Crippen molar-refractivity contribution in [2.45, 2.75) is 23.6 Å². The molecule has 4 aromatic rings. The van der Waals surface area contributed by atoms with Gasteiger partial charge in [-0.1, -0.05) is 35.1 Å². The van der Waals surface area contributed by atoms with E-state index in [1.807, 2.05) is 24.3 Å². The summed E-state index contributed by atoms with van der Waals surface area (Å²) in [5, 5.41) is 2.88. The average molecular weight is 533 g/mol. The molecule has 34 heavy (non-hydrogen) atoms. The van der Waals surface area contributed by atoms with Crippen molar-refractivity contribution in [1.29, 1.82) is 0 Å². The van der Waals surface area contributed by atoms with Crippen molar-refractivity contribution in [1.82, 2.24) is 14.3 Å². The Morgan fingerprint density at radius 3 is 2.56 bits per heavy atom. The van der Waals surface area contributed by atoms with E-state index in [0.717, 1.165) is 10.3 Å². The highest BCUT2D eigenvalue weighted by Crippen LogP contribution is 2.35. The number of para-hydroxylation sites is 1. The normalized spacial score (nSPS) is 15.6. The number of thiazole rings is 1. The molecular formula is C23H21ClN4O3S3. The molecule has 7 nitrogen and oxygen atoms in total. The number of benzene rings is 1. The van der Waals surface area contributed by atoms with Crippen molar-refractivity contribution < 1.29 is 13.2 Å². The van der Waals surface area contributed by atoms with Crippen molar-refractivity contribution in [3.63, 3.8) is 0 Å². The third-order valence-electron chi connectivity index (χ3n) is 5.84. The minimum absolute atomic E-state index is 0.0554. The first-order chi connectivity index (χ1) is 16.4. The second kappa shape index (κ2) is 9.71. The number of carbonyl (C=O) groups excluding carboxylic acids is 1. The van der Waals surface area contributed by atoms with Gasteiger partial charge in [0, 0.05) is 31.4 Å². The van der Waals surface area contributed by atoms with Gasteiger partial charge in [-0.25, -0.2) is 13.4 Å². The van der Waals surface area contributed by atoms with E-state index in [0.29, 0.717) is 52.4 Å². The zero-order valence-electron chi connectivity index (χ0n) is 18.0. The van der Waals surface area contributed by atoms with Crippen LogP contribution in [0.5, 0.6) is 0 Å². The summed E-state index contributed by atoms with van der Waals surface area (Å²) < 4.78 is 28.5. The molecule has 5 rings (SSSR count). The Bertz CT molecular complexity index is 1400. The Morgan fingerprint density at radius 2 is 1.88 bits per heavy atom. The fourth-order valence-corrected chi connectivity index (χ4v) is 7.91. The molecule has 4 heterocycles. The third-order valence-corrected chi connectivity index (χ3v) is 10.5. The first-order valence-corrected chi connectivity index (χ1v) is 14.2. The fourth-order valence-electron chi connectivity index (χ4n) is 4.03. The van der Waals surface area contributed by atoms with E-state index in [2.05, 4.69) is 9.97 Å². The lowest BCUT2D eigenvalue weighted by Crippen LogP contribution is -2.44. The van der Waals surface area contributed by atoms with Crippen LogP contribution >= 0.6 is 34.3 Å². The van der Waals surface area contributed by atoms with Gasteiger partial charge in [0.2, 0.25) is 5.91 Å². The molecule has 11 heteroatoms. The summed E-state index contributed by atoms with van der Waals surface area (Å²) >= 11 is 8.97. The van der Waals surface area contributed by atoms with E-state index >= 15 is 0 Å². The van der Waals surface area contributed by atoms with Gasteiger partial charge >= 0.3 is 0 Å². The van der Waals surface area contributed by atoms with E-state index in [4.69, 9.17) is 11.6 Å². The Kier molecular flexibility index (Phi) is 6.67. The van der Waals surface area contributed by atoms with E-state index in [-0.39, 0.29) is 11.8 Å². The van der Waals surface area contributed by atoms with Gasteiger partial charge in [0.25, 0.3) is 10.0 Å². The molecule has 1 fully saturated rings. The molecule has 1 aliphatic rings. The molecule has 1 aliphatic heterocycles. The molecule has 0 aliphatic carbocycles. The number of nitrogens with zero attached hydrogens (tertiary/aromatic N) is 4. The minimum Gasteiger partial charge on any atom is -0.283 e. The monoisotopic (exact) mass is 532 g/mol. The molecule has 1 aromatic carbocycles. The Balaban J connectivity index is 1.39. The molecule has 0 radical (unpaired) electrons. The molecule has 0 bridgehead atoms. The summed E-state index contributed by atoms with van der Waals surface area (Å²) in [6.45, 7) is 0.976. The van der Waals surface area contributed by atoms with Crippen LogP contribution in [0, 0.1) is 5.92 Å². The van der Waals surface area contributed by atoms with Gasteiger partial charge in [-0.15, -0.1) is 11.3 Å². The van der Waals surface area contributed by atoms with Crippen LogP contribution in [0.1, 0.15) is 18.4 Å². The number of halogens is 1. The maximum atomic E-state index is 13.7. The predicted molar refractivity (Wildman–Crippen MR) is 136 cm³/mol. The predicted octanol–water partition coefficient (Wildman–Crippen LogP) is 5.04. The molecule has 0 unspecified atom stereocenters. The Morgan fingerprint density at radius 1 is 1.12 bits per heavy atom. The zero-order chi connectivity index (χ0) is 23.7. The minimum atomic E-state index is -3.52. The number of carbonyl (C=O) groups is 1. The number of pyridine rings is 1. The van der Waals surface area contributed by atoms with E-state index in [9.17, 15) is 13.2 Å². The standard InChI is InChI=1S/C23H21ClN4O3S3/c24-18-3-1-4-19-21(18)26-23(33-19)28(15-16-6-10-25-11-7-16)22(29)17-8-12-27(13-9-17)34(30,31)20-5-2-14-32-20/h1-7,10-11,14,17H,8-9,12-13,15H2. The maximum absolute atomic E-state index is 13.7. The summed E-state index contributed by atoms with van der Waals surface area (Å²) in [7, 11) is -3.52. The van der Waals surface area contributed by atoms with Gasteiger partial charge in [0.1, 0.15) is 9.73 Å². The van der Waals surface area contributed by atoms with Gasteiger partial charge in [0.15, 0.2) is 5.13 Å². The summed E-state index contributed by atoms with van der Waals surface area (Å²) in [6.07, 6.45) is 4.31. The summed E-state index contributed by atoms with van der Waals surface area (Å²) in [4.78, 5) is 24.2. The summed E-state index contributed by atoms with van der Waals surface area (Å²) in [6, 6.07) is 12.7. The van der Waals surface area contributed by atoms with Crippen LogP contribution in [-0.2, 0) is 21.4 Å². The second-order valence-electron chi connectivity index (χ2n) is 7.97. The topological polar surface area (TPSA) is 83.5 Å². The summed E-state index contributed by atoms with van der Waals surface area (Å²) in [5.41, 5.74) is 1.61. The molecular weight excluding hydrogens is 512 g/mol. The summed E-state index contributed by atoms with van der Waals surface area (Å²) in [5.74, 6) is -0.348. The fraction of sp³-hybridized carbons (Fsp3) is 0.261. The van der Waals surface area contributed by atoms with Crippen LogP contribution in [0.25, 0.3) is 10.2 Å². The number of fused-ring (bicyclic) bond motifs is 1. The first-order valence-electron chi connectivity index (χ1n) is 10.7. The third kappa shape index (κ3) is 4.60. The number of anilines is 1. The largest absolute Gasteiger partial charge is 0.283 e. The Hall–Kier alpha value is -2.37. The van der Waals surface area contributed by atoms with Crippen LogP contribution < -0.4 is 4.90 Å². The number of aromatic nitrogens is 2. The van der Waals surface area contributed by atoms with E-state index < -0.39 is 10.0 Å².